The number of amides is 2. The molecular formula is C18H26N8O3. The number of carbonyl (C=O) groups is 2. The largest absolute Gasteiger partial charge is 0.377 e. The van der Waals surface area contributed by atoms with Gasteiger partial charge in [0.15, 0.2) is 11.5 Å². The van der Waals surface area contributed by atoms with Gasteiger partial charge in [0, 0.05) is 52.2 Å². The van der Waals surface area contributed by atoms with E-state index in [9.17, 15) is 9.59 Å². The molecule has 29 heavy (non-hydrogen) atoms. The van der Waals surface area contributed by atoms with Crippen LogP contribution in [0.4, 0.5) is 5.82 Å². The molecule has 0 bridgehead atoms. The van der Waals surface area contributed by atoms with E-state index in [2.05, 4.69) is 32.5 Å². The summed E-state index contributed by atoms with van der Waals surface area (Å²) in [5.41, 5.74) is 0.554. The second-order valence-electron chi connectivity index (χ2n) is 6.65. The van der Waals surface area contributed by atoms with Crippen molar-refractivity contribution in [3.63, 3.8) is 0 Å². The molecule has 1 fully saturated rings. The van der Waals surface area contributed by atoms with E-state index in [1.54, 1.807) is 17.0 Å². The first-order chi connectivity index (χ1) is 14.2. The average Bonchev–Trinajstić information content (AvgIpc) is 3.20. The molecule has 0 unspecified atom stereocenters. The number of hydrogen-bond acceptors (Lipinski definition) is 8. The van der Waals surface area contributed by atoms with Gasteiger partial charge in [-0.25, -0.2) is 0 Å². The zero-order valence-electron chi connectivity index (χ0n) is 16.4. The van der Waals surface area contributed by atoms with Crippen LogP contribution in [0.15, 0.2) is 24.8 Å². The lowest BCUT2D eigenvalue weighted by atomic mass is 10.2. The van der Waals surface area contributed by atoms with Crippen LogP contribution < -0.4 is 10.2 Å². The summed E-state index contributed by atoms with van der Waals surface area (Å²) in [6, 6.07) is 3.62. The van der Waals surface area contributed by atoms with Crippen molar-refractivity contribution < 1.29 is 14.3 Å². The number of ether oxygens (including phenoxy) is 1. The van der Waals surface area contributed by atoms with Crippen LogP contribution in [0.3, 0.4) is 0 Å². The van der Waals surface area contributed by atoms with Gasteiger partial charge in [-0.2, -0.15) is 0 Å². The Hall–Kier alpha value is -3.08. The van der Waals surface area contributed by atoms with Gasteiger partial charge < -0.3 is 19.9 Å². The summed E-state index contributed by atoms with van der Waals surface area (Å²) in [4.78, 5) is 28.4. The minimum absolute atomic E-state index is 0.0180. The van der Waals surface area contributed by atoms with Gasteiger partial charge in [-0.3, -0.25) is 9.59 Å². The number of aromatic nitrogens is 5. The van der Waals surface area contributed by atoms with Gasteiger partial charge in [-0.15, -0.1) is 21.4 Å². The first-order valence-corrected chi connectivity index (χ1v) is 9.71. The van der Waals surface area contributed by atoms with E-state index in [1.165, 1.54) is 4.63 Å². The van der Waals surface area contributed by atoms with Gasteiger partial charge >= 0.3 is 0 Å². The molecule has 156 valence electrons. The summed E-state index contributed by atoms with van der Waals surface area (Å²) in [5, 5.41) is 18.6. The highest BCUT2D eigenvalue weighted by Crippen LogP contribution is 2.11. The van der Waals surface area contributed by atoms with Crippen LogP contribution in [0.1, 0.15) is 19.3 Å². The number of carbonyl (C=O) groups excluding carboxylic acids is 2. The summed E-state index contributed by atoms with van der Waals surface area (Å²) >= 11 is 0. The van der Waals surface area contributed by atoms with Crippen LogP contribution in [-0.4, -0.2) is 87.9 Å². The minimum Gasteiger partial charge on any atom is -0.377 e. The van der Waals surface area contributed by atoms with Crippen LogP contribution >= 0.6 is 0 Å². The van der Waals surface area contributed by atoms with Crippen molar-refractivity contribution >= 4 is 23.3 Å². The zero-order chi connectivity index (χ0) is 20.5. The van der Waals surface area contributed by atoms with Gasteiger partial charge in [-0.1, -0.05) is 6.08 Å². The van der Waals surface area contributed by atoms with Crippen molar-refractivity contribution in [2.24, 2.45) is 0 Å². The maximum absolute atomic E-state index is 12.6. The van der Waals surface area contributed by atoms with E-state index in [4.69, 9.17) is 4.74 Å². The molecule has 11 nitrogen and oxygen atoms in total. The molecule has 1 N–H and O–H groups in total. The van der Waals surface area contributed by atoms with Crippen LogP contribution in [0, 0.1) is 0 Å². The molecule has 11 heteroatoms. The molecule has 3 heterocycles. The number of anilines is 1. The fraction of sp³-hybridized carbons (Fsp3) is 0.556. The Labute approximate surface area is 168 Å². The predicted molar refractivity (Wildman–Crippen MR) is 105 cm³/mol. The normalized spacial score (nSPS) is 15.9. The van der Waals surface area contributed by atoms with Crippen LogP contribution in [0.2, 0.25) is 0 Å². The van der Waals surface area contributed by atoms with Crippen molar-refractivity contribution in [2.45, 2.75) is 19.3 Å². The van der Waals surface area contributed by atoms with E-state index in [1.807, 2.05) is 11.0 Å². The van der Waals surface area contributed by atoms with Crippen molar-refractivity contribution in [1.29, 1.82) is 0 Å². The van der Waals surface area contributed by atoms with E-state index in [0.29, 0.717) is 76.7 Å². The fourth-order valence-corrected chi connectivity index (χ4v) is 3.06. The lowest BCUT2D eigenvalue weighted by Crippen LogP contribution is -2.45. The van der Waals surface area contributed by atoms with Crippen molar-refractivity contribution in [3.05, 3.63) is 24.8 Å². The summed E-state index contributed by atoms with van der Waals surface area (Å²) < 4.78 is 6.69. The van der Waals surface area contributed by atoms with E-state index in [-0.39, 0.29) is 11.8 Å². The molecule has 1 saturated heterocycles. The lowest BCUT2D eigenvalue weighted by Gasteiger charge is -2.30. The maximum atomic E-state index is 12.6. The molecule has 3 rings (SSSR count). The third-order valence-corrected chi connectivity index (χ3v) is 4.60. The van der Waals surface area contributed by atoms with Crippen molar-refractivity contribution in [2.75, 3.05) is 50.8 Å². The zero-order valence-corrected chi connectivity index (χ0v) is 16.4. The molecule has 0 atom stereocenters. The van der Waals surface area contributed by atoms with Gasteiger partial charge in [0.25, 0.3) is 0 Å². The highest BCUT2D eigenvalue weighted by molar-refractivity contribution is 5.79. The molecule has 0 radical (unpaired) electrons. The average molecular weight is 402 g/mol. The van der Waals surface area contributed by atoms with E-state index >= 15 is 0 Å². The summed E-state index contributed by atoms with van der Waals surface area (Å²) in [5.74, 6) is 0.636. The number of hydrogen-bond donors (Lipinski definition) is 1. The van der Waals surface area contributed by atoms with Gasteiger partial charge in [0.2, 0.25) is 11.8 Å². The number of nitrogens with one attached hydrogen (secondary N) is 1. The number of tetrazole rings is 1. The van der Waals surface area contributed by atoms with Crippen LogP contribution in [0.5, 0.6) is 0 Å². The summed E-state index contributed by atoms with van der Waals surface area (Å²) in [6.45, 7) is 7.15. The summed E-state index contributed by atoms with van der Waals surface area (Å²) in [7, 11) is 0. The Bertz CT molecular complexity index is 839. The first kappa shape index (κ1) is 20.6. The number of rotatable bonds is 7. The Morgan fingerprint density at radius 2 is 2.17 bits per heavy atom. The molecule has 1 aliphatic heterocycles. The summed E-state index contributed by atoms with van der Waals surface area (Å²) in [6.07, 6.45) is 3.00. The van der Waals surface area contributed by atoms with Crippen molar-refractivity contribution in [3.8, 4) is 0 Å². The highest BCUT2D eigenvalue weighted by atomic mass is 16.5. The van der Waals surface area contributed by atoms with Gasteiger partial charge in [0.1, 0.15) is 0 Å². The molecular weight excluding hydrogens is 376 g/mol. The molecule has 2 aromatic rings. The number of fused-ring (bicyclic) bond motifs is 1. The monoisotopic (exact) mass is 402 g/mol. The van der Waals surface area contributed by atoms with Gasteiger partial charge in [0.05, 0.1) is 6.61 Å². The molecule has 1 aliphatic rings. The quantitative estimate of drug-likeness (QED) is 0.494. The second kappa shape index (κ2) is 10.5. The molecule has 0 aromatic carbocycles. The second-order valence-corrected chi connectivity index (χ2v) is 6.65. The standard InChI is InChI=1S/C18H26N8O3/c1-2-13-29-14-3-4-18(28)25-9-7-17(27)19-8-10-24(11-12-25)16-6-5-15-20-22-23-26(15)21-16/h2,5-6H,1,3-4,7-14H2,(H,19,27). The Balaban J connectivity index is 1.63. The third-order valence-electron chi connectivity index (χ3n) is 4.60. The lowest BCUT2D eigenvalue weighted by molar-refractivity contribution is -0.132. The predicted octanol–water partition coefficient (Wildman–Crippen LogP) is -0.343. The SMILES string of the molecule is C=CCOCCCC(=O)N1CCC(=O)NCCN(c2ccc3nnnn3n2)CC1. The molecule has 0 spiro atoms. The Morgan fingerprint density at radius 1 is 1.28 bits per heavy atom. The topological polar surface area (TPSA) is 118 Å². The molecule has 2 aromatic heterocycles. The first-order valence-electron chi connectivity index (χ1n) is 9.71. The Morgan fingerprint density at radius 3 is 3.03 bits per heavy atom. The highest BCUT2D eigenvalue weighted by Gasteiger charge is 2.19. The van der Waals surface area contributed by atoms with Crippen LogP contribution in [-0.2, 0) is 14.3 Å². The molecule has 0 saturated carbocycles. The number of nitrogens with zero attached hydrogens (tertiary/aromatic N) is 7. The Kier molecular flexibility index (Phi) is 7.45. The van der Waals surface area contributed by atoms with Crippen LogP contribution in [0.25, 0.3) is 5.65 Å². The fourth-order valence-electron chi connectivity index (χ4n) is 3.06. The van der Waals surface area contributed by atoms with Crippen molar-refractivity contribution in [1.82, 2.24) is 35.5 Å². The molecule has 2 amide bonds. The van der Waals surface area contributed by atoms with E-state index < -0.39 is 0 Å². The molecule has 0 aliphatic carbocycles. The smallest absolute Gasteiger partial charge is 0.222 e. The third kappa shape index (κ3) is 5.95. The maximum Gasteiger partial charge on any atom is 0.222 e. The van der Waals surface area contributed by atoms with Gasteiger partial charge in [-0.05, 0) is 29.0 Å². The minimum atomic E-state index is -0.0668. The van der Waals surface area contributed by atoms with E-state index in [0.717, 1.165) is 0 Å².